The van der Waals surface area contributed by atoms with Gasteiger partial charge in [0.15, 0.2) is 0 Å². The molecule has 0 spiro atoms. The molecule has 0 atom stereocenters. The molecule has 3 rings (SSSR count). The lowest BCUT2D eigenvalue weighted by Crippen LogP contribution is -2.52. The number of nitrogens with one attached hydrogen (secondary N) is 1. The molecule has 5 nitrogen and oxygen atoms in total. The Bertz CT molecular complexity index is 526. The fourth-order valence-corrected chi connectivity index (χ4v) is 2.64. The van der Waals surface area contributed by atoms with Crippen LogP contribution in [-0.2, 0) is 14.1 Å². The normalized spacial score (nSPS) is 24.7. The van der Waals surface area contributed by atoms with Crippen LogP contribution in [0.2, 0.25) is 0 Å². The molecule has 0 aromatic carbocycles. The average Bonchev–Trinajstić information content (AvgIpc) is 2.96. The van der Waals surface area contributed by atoms with Crippen LogP contribution in [0.3, 0.4) is 0 Å². The van der Waals surface area contributed by atoms with Gasteiger partial charge in [0.2, 0.25) is 6.29 Å². The molecule has 0 saturated carbocycles. The standard InChI is InChI=1S/C15H23BN2O3/c1-10-8-12(13-19-6-7-20-13)17-9-11(10)16-18-14(2,3)15(4,5)21-16/h8-9,13,18H,6-7H2,1-5H3. The van der Waals surface area contributed by atoms with Crippen LogP contribution in [0.5, 0.6) is 0 Å². The van der Waals surface area contributed by atoms with E-state index < -0.39 is 0 Å². The molecule has 2 aliphatic heterocycles. The van der Waals surface area contributed by atoms with E-state index in [1.54, 1.807) is 0 Å². The van der Waals surface area contributed by atoms with Crippen LogP contribution < -0.4 is 10.7 Å². The molecule has 2 saturated heterocycles. The van der Waals surface area contributed by atoms with E-state index in [2.05, 4.69) is 44.8 Å². The highest BCUT2D eigenvalue weighted by Gasteiger charge is 2.50. The Morgan fingerprint density at radius 3 is 2.43 bits per heavy atom. The zero-order valence-corrected chi connectivity index (χ0v) is 13.4. The van der Waals surface area contributed by atoms with E-state index in [4.69, 9.17) is 14.1 Å². The zero-order valence-electron chi connectivity index (χ0n) is 13.4. The number of rotatable bonds is 2. The minimum Gasteiger partial charge on any atom is -0.411 e. The Hall–Kier alpha value is -0.945. The predicted octanol–water partition coefficient (Wildman–Crippen LogP) is 1.31. The Kier molecular flexibility index (Phi) is 3.60. The lowest BCUT2D eigenvalue weighted by molar-refractivity contribution is -0.0473. The second-order valence-corrected chi connectivity index (χ2v) is 6.82. The Balaban J connectivity index is 1.84. The highest BCUT2D eigenvalue weighted by molar-refractivity contribution is 6.66. The lowest BCUT2D eigenvalue weighted by atomic mass is 9.72. The van der Waals surface area contributed by atoms with Gasteiger partial charge in [-0.3, -0.25) is 4.98 Å². The summed E-state index contributed by atoms with van der Waals surface area (Å²) in [6, 6.07) is 2.02. The Labute approximate surface area is 126 Å². The highest BCUT2D eigenvalue weighted by Crippen LogP contribution is 2.31. The molecule has 0 amide bonds. The second-order valence-electron chi connectivity index (χ2n) is 6.82. The molecule has 2 aliphatic rings. The van der Waals surface area contributed by atoms with Gasteiger partial charge in [-0.05, 0) is 51.7 Å². The van der Waals surface area contributed by atoms with Crippen molar-refractivity contribution >= 4 is 12.5 Å². The fourth-order valence-electron chi connectivity index (χ4n) is 2.64. The van der Waals surface area contributed by atoms with Gasteiger partial charge in [-0.1, -0.05) is 0 Å². The topological polar surface area (TPSA) is 52.6 Å². The molecule has 0 bridgehead atoms. The Morgan fingerprint density at radius 1 is 1.24 bits per heavy atom. The van der Waals surface area contributed by atoms with E-state index in [-0.39, 0.29) is 24.5 Å². The first-order chi connectivity index (χ1) is 9.80. The molecule has 3 heterocycles. The van der Waals surface area contributed by atoms with Crippen LogP contribution in [0.1, 0.15) is 45.2 Å². The van der Waals surface area contributed by atoms with Gasteiger partial charge in [-0.2, -0.15) is 0 Å². The molecule has 1 N–H and O–H groups in total. The lowest BCUT2D eigenvalue weighted by Gasteiger charge is -2.33. The summed E-state index contributed by atoms with van der Waals surface area (Å²) in [5.74, 6) is 0. The van der Waals surface area contributed by atoms with Crippen molar-refractivity contribution in [3.05, 3.63) is 23.5 Å². The minimum atomic E-state index is -0.330. The van der Waals surface area contributed by atoms with Crippen LogP contribution >= 0.6 is 0 Å². The quantitative estimate of drug-likeness (QED) is 0.832. The van der Waals surface area contributed by atoms with Gasteiger partial charge >= 0.3 is 7.05 Å². The van der Waals surface area contributed by atoms with Gasteiger partial charge in [0.25, 0.3) is 0 Å². The smallest absolute Gasteiger partial charge is 0.411 e. The van der Waals surface area contributed by atoms with Crippen molar-refractivity contribution in [1.29, 1.82) is 0 Å². The monoisotopic (exact) mass is 290 g/mol. The first-order valence-corrected chi connectivity index (χ1v) is 7.45. The van der Waals surface area contributed by atoms with Crippen molar-refractivity contribution in [3.8, 4) is 0 Å². The summed E-state index contributed by atoms with van der Waals surface area (Å²) >= 11 is 0. The number of pyridine rings is 1. The van der Waals surface area contributed by atoms with Crippen molar-refractivity contribution in [1.82, 2.24) is 10.2 Å². The molecular formula is C15H23BN2O3. The molecule has 2 fully saturated rings. The number of aryl methyl sites for hydroxylation is 1. The molecule has 1 aromatic heterocycles. The Morgan fingerprint density at radius 2 is 1.90 bits per heavy atom. The van der Waals surface area contributed by atoms with Gasteiger partial charge in [-0.15, -0.1) is 0 Å². The first-order valence-electron chi connectivity index (χ1n) is 7.45. The van der Waals surface area contributed by atoms with Crippen LogP contribution in [0.4, 0.5) is 0 Å². The van der Waals surface area contributed by atoms with Crippen molar-refractivity contribution in [2.45, 2.75) is 52.0 Å². The maximum atomic E-state index is 6.18. The van der Waals surface area contributed by atoms with E-state index in [9.17, 15) is 0 Å². The summed E-state index contributed by atoms with van der Waals surface area (Å²) in [7, 11) is -0.137. The van der Waals surface area contributed by atoms with Crippen molar-refractivity contribution < 1.29 is 14.1 Å². The maximum Gasteiger partial charge on any atom is 0.418 e. The van der Waals surface area contributed by atoms with E-state index in [1.165, 1.54) is 0 Å². The summed E-state index contributed by atoms with van der Waals surface area (Å²) in [4.78, 5) is 4.49. The van der Waals surface area contributed by atoms with Crippen LogP contribution in [-0.4, -0.2) is 36.4 Å². The number of nitrogens with zero attached hydrogens (tertiary/aromatic N) is 1. The largest absolute Gasteiger partial charge is 0.418 e. The maximum absolute atomic E-state index is 6.18. The molecular weight excluding hydrogens is 267 g/mol. The van der Waals surface area contributed by atoms with Crippen molar-refractivity contribution in [2.75, 3.05) is 13.2 Å². The third kappa shape index (κ3) is 2.61. The van der Waals surface area contributed by atoms with E-state index in [0.29, 0.717) is 13.2 Å². The molecule has 1 aromatic rings. The van der Waals surface area contributed by atoms with Gasteiger partial charge in [0, 0.05) is 11.7 Å². The third-order valence-electron chi connectivity index (χ3n) is 4.73. The summed E-state index contributed by atoms with van der Waals surface area (Å²) < 4.78 is 17.2. The van der Waals surface area contributed by atoms with Gasteiger partial charge < -0.3 is 19.4 Å². The number of hydrogen-bond donors (Lipinski definition) is 1. The molecule has 21 heavy (non-hydrogen) atoms. The molecule has 114 valence electrons. The second kappa shape index (κ2) is 5.05. The van der Waals surface area contributed by atoms with E-state index in [1.807, 2.05) is 12.3 Å². The summed E-state index contributed by atoms with van der Waals surface area (Å²) in [5, 5.41) is 3.54. The van der Waals surface area contributed by atoms with Crippen LogP contribution in [0, 0.1) is 6.92 Å². The van der Waals surface area contributed by atoms with E-state index >= 15 is 0 Å². The van der Waals surface area contributed by atoms with Crippen molar-refractivity contribution in [2.24, 2.45) is 0 Å². The summed E-state index contributed by atoms with van der Waals surface area (Å²) in [6.07, 6.45) is 1.54. The number of aromatic nitrogens is 1. The third-order valence-corrected chi connectivity index (χ3v) is 4.73. The molecule has 0 aliphatic carbocycles. The van der Waals surface area contributed by atoms with Crippen LogP contribution in [0.25, 0.3) is 0 Å². The van der Waals surface area contributed by atoms with Gasteiger partial charge in [-0.25, -0.2) is 0 Å². The SMILES string of the molecule is Cc1cc(C2OCCO2)ncc1B1NC(C)(C)C(C)(C)O1. The minimum absolute atomic E-state index is 0.0968. The molecule has 0 unspecified atom stereocenters. The summed E-state index contributed by atoms with van der Waals surface area (Å²) in [5.41, 5.74) is 2.69. The van der Waals surface area contributed by atoms with Gasteiger partial charge in [0.1, 0.15) is 0 Å². The molecule has 6 heteroatoms. The molecule has 0 radical (unpaired) electrons. The highest BCUT2D eigenvalue weighted by atomic mass is 16.7. The number of hydrogen-bond acceptors (Lipinski definition) is 5. The average molecular weight is 290 g/mol. The predicted molar refractivity (Wildman–Crippen MR) is 81.4 cm³/mol. The summed E-state index contributed by atoms with van der Waals surface area (Å²) in [6.45, 7) is 11.9. The first kappa shape index (κ1) is 15.0. The van der Waals surface area contributed by atoms with Crippen molar-refractivity contribution in [3.63, 3.8) is 0 Å². The fraction of sp³-hybridized carbons (Fsp3) is 0.667. The van der Waals surface area contributed by atoms with E-state index in [0.717, 1.165) is 16.7 Å². The number of ether oxygens (including phenoxy) is 2. The zero-order chi connectivity index (χ0) is 15.3. The van der Waals surface area contributed by atoms with Crippen LogP contribution in [0.15, 0.2) is 12.3 Å². The van der Waals surface area contributed by atoms with Gasteiger partial charge in [0.05, 0.1) is 24.5 Å².